The van der Waals surface area contributed by atoms with E-state index < -0.39 is 11.4 Å². The molecule has 0 atom stereocenters. The number of benzene rings is 1. The average molecular weight is 288 g/mol. The number of fused-ring (bicyclic) bond motifs is 1. The van der Waals surface area contributed by atoms with Crippen LogP contribution in [0.5, 0.6) is 0 Å². The lowest BCUT2D eigenvalue weighted by Gasteiger charge is -2.24. The number of carboxylic acid groups (broad SMARTS) is 1. The zero-order chi connectivity index (χ0) is 15.5. The van der Waals surface area contributed by atoms with Crippen LogP contribution in [0.25, 0.3) is 0 Å². The Morgan fingerprint density at radius 2 is 1.81 bits per heavy atom. The third-order valence-corrected chi connectivity index (χ3v) is 3.89. The van der Waals surface area contributed by atoms with Gasteiger partial charge < -0.3 is 15.2 Å². The highest BCUT2D eigenvalue weighted by atomic mass is 16.4. The Kier molecular flexibility index (Phi) is 4.66. The molecule has 0 saturated carbocycles. The van der Waals surface area contributed by atoms with E-state index in [1.54, 1.807) is 13.8 Å². The molecule has 0 aliphatic heterocycles. The van der Waals surface area contributed by atoms with Crippen molar-refractivity contribution >= 4 is 17.6 Å². The van der Waals surface area contributed by atoms with E-state index in [1.807, 2.05) is 12.1 Å². The Morgan fingerprint density at radius 3 is 2.48 bits per heavy atom. The summed E-state index contributed by atoms with van der Waals surface area (Å²) in [6.07, 6.45) is 4.65. The van der Waals surface area contributed by atoms with Gasteiger partial charge in [0.25, 0.3) is 0 Å². The molecule has 0 aromatic heterocycles. The number of carbonyl (C=O) groups excluding carboxylic acids is 2. The molecule has 114 valence electrons. The summed E-state index contributed by atoms with van der Waals surface area (Å²) in [6, 6.07) is 6.04. The molecule has 4 heteroatoms. The molecule has 0 bridgehead atoms. The highest BCUT2D eigenvalue weighted by Crippen LogP contribution is 2.27. The number of aryl methyl sites for hydroxylation is 2. The Morgan fingerprint density at radius 1 is 1.14 bits per heavy atom. The van der Waals surface area contributed by atoms with Crippen molar-refractivity contribution in [1.29, 1.82) is 0 Å². The normalized spacial score (nSPS) is 14.4. The van der Waals surface area contributed by atoms with Gasteiger partial charge in [-0.15, -0.1) is 0 Å². The Labute approximate surface area is 125 Å². The highest BCUT2D eigenvalue weighted by Gasteiger charge is 2.22. The van der Waals surface area contributed by atoms with Crippen molar-refractivity contribution < 1.29 is 14.7 Å². The first kappa shape index (κ1) is 15.5. The van der Waals surface area contributed by atoms with E-state index >= 15 is 0 Å². The average Bonchev–Trinajstić information content (AvgIpc) is 2.36. The maximum absolute atomic E-state index is 12.1. The number of hydrogen-bond donors (Lipinski definition) is 1. The van der Waals surface area contributed by atoms with E-state index in [0.29, 0.717) is 0 Å². The number of hydrogen-bond acceptors (Lipinski definition) is 3. The Bertz CT molecular complexity index is 549. The second-order valence-corrected chi connectivity index (χ2v) is 6.63. The van der Waals surface area contributed by atoms with E-state index in [9.17, 15) is 14.7 Å². The van der Waals surface area contributed by atoms with E-state index in [2.05, 4.69) is 11.4 Å². The molecule has 21 heavy (non-hydrogen) atoms. The summed E-state index contributed by atoms with van der Waals surface area (Å²) in [7, 11) is 0. The van der Waals surface area contributed by atoms with Crippen LogP contribution in [0.15, 0.2) is 18.2 Å². The SMILES string of the molecule is CC(C)(CC(=O)[O-])CC(=O)Nc1ccc2c(c1)CCCC2. The lowest BCUT2D eigenvalue weighted by Crippen LogP contribution is -2.31. The monoisotopic (exact) mass is 288 g/mol. The lowest BCUT2D eigenvalue weighted by molar-refractivity contribution is -0.307. The van der Waals surface area contributed by atoms with E-state index in [4.69, 9.17) is 0 Å². The third-order valence-electron chi connectivity index (χ3n) is 3.89. The van der Waals surface area contributed by atoms with Crippen LogP contribution in [-0.2, 0) is 22.4 Å². The summed E-state index contributed by atoms with van der Waals surface area (Å²) in [5, 5.41) is 13.5. The molecule has 0 spiro atoms. The quantitative estimate of drug-likeness (QED) is 0.901. The minimum absolute atomic E-state index is 0.120. The largest absolute Gasteiger partial charge is 0.550 e. The number of rotatable bonds is 5. The fourth-order valence-corrected chi connectivity index (χ4v) is 2.90. The second-order valence-electron chi connectivity index (χ2n) is 6.63. The van der Waals surface area contributed by atoms with Gasteiger partial charge in [-0.25, -0.2) is 0 Å². The van der Waals surface area contributed by atoms with E-state index in [-0.39, 0.29) is 18.7 Å². The van der Waals surface area contributed by atoms with Gasteiger partial charge in [0.2, 0.25) is 5.91 Å². The fraction of sp³-hybridized carbons (Fsp3) is 0.529. The molecule has 1 aliphatic rings. The van der Waals surface area contributed by atoms with E-state index in [0.717, 1.165) is 18.5 Å². The molecule has 2 rings (SSSR count). The number of carbonyl (C=O) groups is 2. The molecule has 4 nitrogen and oxygen atoms in total. The predicted octanol–water partition coefficient (Wildman–Crippen LogP) is 2.06. The molecule has 1 N–H and O–H groups in total. The predicted molar refractivity (Wildman–Crippen MR) is 79.7 cm³/mol. The van der Waals surface area contributed by atoms with Crippen molar-refractivity contribution in [1.82, 2.24) is 0 Å². The first-order chi connectivity index (χ1) is 9.85. The van der Waals surface area contributed by atoms with Crippen molar-refractivity contribution in [3.05, 3.63) is 29.3 Å². The van der Waals surface area contributed by atoms with Crippen molar-refractivity contribution in [3.8, 4) is 0 Å². The second kappa shape index (κ2) is 6.29. The van der Waals surface area contributed by atoms with E-state index in [1.165, 1.54) is 24.0 Å². The van der Waals surface area contributed by atoms with Gasteiger partial charge in [-0.1, -0.05) is 19.9 Å². The van der Waals surface area contributed by atoms with Gasteiger partial charge >= 0.3 is 0 Å². The fourth-order valence-electron chi connectivity index (χ4n) is 2.90. The zero-order valence-corrected chi connectivity index (χ0v) is 12.7. The molecule has 0 heterocycles. The van der Waals surface area contributed by atoms with Crippen LogP contribution < -0.4 is 10.4 Å². The van der Waals surface area contributed by atoms with Crippen LogP contribution in [0.3, 0.4) is 0 Å². The van der Waals surface area contributed by atoms with Gasteiger partial charge in [-0.05, 0) is 60.8 Å². The lowest BCUT2D eigenvalue weighted by atomic mass is 9.85. The minimum atomic E-state index is -1.12. The van der Waals surface area contributed by atoms with Crippen molar-refractivity contribution in [2.45, 2.75) is 52.4 Å². The Balaban J connectivity index is 1.98. The van der Waals surface area contributed by atoms with Crippen LogP contribution in [0.2, 0.25) is 0 Å². The minimum Gasteiger partial charge on any atom is -0.550 e. The van der Waals surface area contributed by atoms with Crippen LogP contribution in [0, 0.1) is 5.41 Å². The van der Waals surface area contributed by atoms with Gasteiger partial charge in [-0.2, -0.15) is 0 Å². The number of aliphatic carboxylic acids is 1. The summed E-state index contributed by atoms with van der Waals surface area (Å²) in [4.78, 5) is 22.7. The van der Waals surface area contributed by atoms with Crippen LogP contribution in [0.4, 0.5) is 5.69 Å². The van der Waals surface area contributed by atoms with Crippen molar-refractivity contribution in [2.24, 2.45) is 5.41 Å². The summed E-state index contributed by atoms with van der Waals surface area (Å²) in [5.74, 6) is -1.28. The Hall–Kier alpha value is -1.84. The standard InChI is InChI=1S/C17H23NO3/c1-17(2,11-16(20)21)10-15(19)18-14-8-7-12-5-3-4-6-13(12)9-14/h7-9H,3-6,10-11H2,1-2H3,(H,18,19)(H,20,21)/p-1. The zero-order valence-electron chi connectivity index (χ0n) is 12.7. The van der Waals surface area contributed by atoms with Crippen molar-refractivity contribution in [3.63, 3.8) is 0 Å². The molecule has 1 aromatic rings. The highest BCUT2D eigenvalue weighted by molar-refractivity contribution is 5.91. The molecular weight excluding hydrogens is 266 g/mol. The molecule has 0 fully saturated rings. The molecule has 0 saturated heterocycles. The van der Waals surface area contributed by atoms with Gasteiger partial charge in [0, 0.05) is 18.1 Å². The van der Waals surface area contributed by atoms with Gasteiger partial charge in [-0.3, -0.25) is 4.79 Å². The van der Waals surface area contributed by atoms with Gasteiger partial charge in [0.15, 0.2) is 0 Å². The number of amides is 1. The smallest absolute Gasteiger partial charge is 0.224 e. The first-order valence-electron chi connectivity index (χ1n) is 7.47. The maximum Gasteiger partial charge on any atom is 0.224 e. The summed E-state index contributed by atoms with van der Waals surface area (Å²) >= 11 is 0. The van der Waals surface area contributed by atoms with Crippen LogP contribution in [-0.4, -0.2) is 11.9 Å². The molecular formula is C17H22NO3-. The molecule has 1 aliphatic carbocycles. The van der Waals surface area contributed by atoms with Crippen LogP contribution >= 0.6 is 0 Å². The topological polar surface area (TPSA) is 69.2 Å². The van der Waals surface area contributed by atoms with Crippen molar-refractivity contribution in [2.75, 3.05) is 5.32 Å². The number of nitrogens with one attached hydrogen (secondary N) is 1. The molecule has 1 aromatic carbocycles. The molecule has 0 unspecified atom stereocenters. The van der Waals surface area contributed by atoms with Crippen LogP contribution in [0.1, 0.15) is 50.7 Å². The number of carboxylic acids is 1. The summed E-state index contributed by atoms with van der Waals surface area (Å²) in [5.41, 5.74) is 2.88. The summed E-state index contributed by atoms with van der Waals surface area (Å²) < 4.78 is 0. The number of anilines is 1. The van der Waals surface area contributed by atoms with Gasteiger partial charge in [0.05, 0.1) is 0 Å². The first-order valence-corrected chi connectivity index (χ1v) is 7.47. The molecule has 1 amide bonds. The van der Waals surface area contributed by atoms with Gasteiger partial charge in [0.1, 0.15) is 0 Å². The maximum atomic E-state index is 12.1. The summed E-state index contributed by atoms with van der Waals surface area (Å²) in [6.45, 7) is 3.52. The molecule has 0 radical (unpaired) electrons. The third kappa shape index (κ3) is 4.59.